The zero-order valence-corrected chi connectivity index (χ0v) is 21.8. The molecular weight excluding hydrogens is 462 g/mol. The molecule has 4 atom stereocenters. The Balaban J connectivity index is 3.12. The third-order valence-electron chi connectivity index (χ3n) is 5.84. The molecule has 0 heterocycles. The monoisotopic (exact) mass is 505 g/mol. The first-order chi connectivity index (χ1) is 17.0. The molecule has 0 fully saturated rings. The maximum Gasteiger partial charge on any atom is 0.326 e. The van der Waals surface area contributed by atoms with Crippen LogP contribution in [0.1, 0.15) is 58.9 Å². The molecule has 0 saturated heterocycles. The largest absolute Gasteiger partial charge is 0.480 e. The maximum absolute atomic E-state index is 13.3. The summed E-state index contributed by atoms with van der Waals surface area (Å²) in [6.45, 7) is 7.79. The van der Waals surface area contributed by atoms with Gasteiger partial charge in [-0.15, -0.1) is 0 Å². The molecule has 0 saturated carbocycles. The van der Waals surface area contributed by atoms with Crippen LogP contribution < -0.4 is 27.4 Å². The van der Waals surface area contributed by atoms with E-state index in [1.165, 1.54) is 0 Å². The van der Waals surface area contributed by atoms with E-state index in [1.54, 1.807) is 0 Å². The van der Waals surface area contributed by atoms with Gasteiger partial charge in [0.15, 0.2) is 0 Å². The summed E-state index contributed by atoms with van der Waals surface area (Å²) in [6, 6.07) is 5.27. The second-order valence-corrected chi connectivity index (χ2v) is 9.90. The summed E-state index contributed by atoms with van der Waals surface area (Å²) >= 11 is 0. The maximum atomic E-state index is 13.3. The van der Waals surface area contributed by atoms with E-state index in [9.17, 15) is 24.3 Å². The summed E-state index contributed by atoms with van der Waals surface area (Å²) in [5, 5.41) is 17.6. The molecule has 0 aliphatic carbocycles. The Labute approximate surface area is 213 Å². The summed E-state index contributed by atoms with van der Waals surface area (Å²) in [5.41, 5.74) is 12.3. The minimum absolute atomic E-state index is 0.0425. The zero-order valence-electron chi connectivity index (χ0n) is 21.8. The van der Waals surface area contributed by atoms with Crippen LogP contribution in [-0.4, -0.2) is 59.5 Å². The Kier molecular flexibility index (Phi) is 13.7. The summed E-state index contributed by atoms with van der Waals surface area (Å²) < 4.78 is 0. The predicted molar refractivity (Wildman–Crippen MR) is 139 cm³/mol. The van der Waals surface area contributed by atoms with E-state index in [0.717, 1.165) is 5.56 Å². The van der Waals surface area contributed by atoms with Crippen molar-refractivity contribution < 1.29 is 24.3 Å². The summed E-state index contributed by atoms with van der Waals surface area (Å²) in [6.07, 6.45) is 1.99. The highest BCUT2D eigenvalue weighted by Crippen LogP contribution is 2.10. The first kappa shape index (κ1) is 31.1. The minimum Gasteiger partial charge on any atom is -0.480 e. The van der Waals surface area contributed by atoms with Gasteiger partial charge in [-0.3, -0.25) is 14.4 Å². The van der Waals surface area contributed by atoms with E-state index in [-0.39, 0.29) is 24.7 Å². The molecule has 1 aromatic carbocycles. The van der Waals surface area contributed by atoms with Crippen LogP contribution in [0.3, 0.4) is 0 Å². The molecule has 8 N–H and O–H groups in total. The molecule has 0 aliphatic heterocycles. The van der Waals surface area contributed by atoms with E-state index in [1.807, 2.05) is 58.0 Å². The van der Waals surface area contributed by atoms with Crippen LogP contribution in [0.4, 0.5) is 0 Å². The van der Waals surface area contributed by atoms with Crippen molar-refractivity contribution in [3.63, 3.8) is 0 Å². The van der Waals surface area contributed by atoms with Crippen LogP contribution in [0, 0.1) is 11.8 Å². The van der Waals surface area contributed by atoms with Crippen LogP contribution in [0.15, 0.2) is 30.3 Å². The summed E-state index contributed by atoms with van der Waals surface area (Å²) in [4.78, 5) is 50.7. The third-order valence-corrected chi connectivity index (χ3v) is 5.84. The number of carboxylic acid groups (broad SMARTS) is 1. The van der Waals surface area contributed by atoms with Gasteiger partial charge >= 0.3 is 5.97 Å². The molecule has 3 amide bonds. The van der Waals surface area contributed by atoms with Crippen molar-refractivity contribution in [2.45, 2.75) is 84.0 Å². The van der Waals surface area contributed by atoms with Gasteiger partial charge in [-0.05, 0) is 49.6 Å². The number of hydrogen-bond donors (Lipinski definition) is 6. The van der Waals surface area contributed by atoms with Crippen LogP contribution in [0.25, 0.3) is 0 Å². The first-order valence-electron chi connectivity index (χ1n) is 12.6. The average Bonchev–Trinajstić information content (AvgIpc) is 2.82. The van der Waals surface area contributed by atoms with Gasteiger partial charge in [0.2, 0.25) is 17.7 Å². The van der Waals surface area contributed by atoms with Gasteiger partial charge < -0.3 is 32.5 Å². The lowest BCUT2D eigenvalue weighted by Crippen LogP contribution is -2.58. The van der Waals surface area contributed by atoms with Gasteiger partial charge in [-0.2, -0.15) is 0 Å². The Hall–Kier alpha value is -2.98. The van der Waals surface area contributed by atoms with Crippen molar-refractivity contribution in [1.82, 2.24) is 16.0 Å². The number of nitrogens with one attached hydrogen (secondary N) is 3. The quantitative estimate of drug-likeness (QED) is 0.181. The molecule has 1 rings (SSSR count). The van der Waals surface area contributed by atoms with Crippen LogP contribution in [0.5, 0.6) is 0 Å². The van der Waals surface area contributed by atoms with E-state index in [0.29, 0.717) is 25.8 Å². The number of nitrogens with two attached hydrogens (primary N) is 2. The summed E-state index contributed by atoms with van der Waals surface area (Å²) in [7, 11) is 0. The molecular formula is C26H43N5O5. The Morgan fingerprint density at radius 3 is 1.92 bits per heavy atom. The number of carboxylic acids is 1. The van der Waals surface area contributed by atoms with Crippen LogP contribution >= 0.6 is 0 Å². The van der Waals surface area contributed by atoms with Gasteiger partial charge in [0.1, 0.15) is 18.1 Å². The second-order valence-electron chi connectivity index (χ2n) is 9.90. The number of amides is 3. The van der Waals surface area contributed by atoms with Gasteiger partial charge in [0, 0.05) is 6.42 Å². The molecule has 0 aliphatic rings. The predicted octanol–water partition coefficient (Wildman–Crippen LogP) is 0.927. The van der Waals surface area contributed by atoms with Crippen molar-refractivity contribution >= 4 is 23.7 Å². The van der Waals surface area contributed by atoms with Gasteiger partial charge in [-0.1, -0.05) is 58.0 Å². The summed E-state index contributed by atoms with van der Waals surface area (Å²) in [5.74, 6) is -2.82. The van der Waals surface area contributed by atoms with E-state index in [2.05, 4.69) is 16.0 Å². The molecule has 0 aromatic heterocycles. The number of rotatable bonds is 16. The normalized spacial score (nSPS) is 14.6. The lowest BCUT2D eigenvalue weighted by Gasteiger charge is -2.26. The van der Waals surface area contributed by atoms with Crippen molar-refractivity contribution in [1.29, 1.82) is 0 Å². The topological polar surface area (TPSA) is 177 Å². The minimum atomic E-state index is -1.14. The SMILES string of the molecule is CC(C)CC(NC(=O)C(Cc1ccccc1)NC(=O)C(CCCCN)NC(=O)C(N)C(C)C)C(=O)O. The molecule has 36 heavy (non-hydrogen) atoms. The van der Waals surface area contributed by atoms with E-state index < -0.39 is 47.9 Å². The van der Waals surface area contributed by atoms with Crippen LogP contribution in [0.2, 0.25) is 0 Å². The fourth-order valence-corrected chi connectivity index (χ4v) is 3.63. The van der Waals surface area contributed by atoms with Gasteiger partial charge in [0.25, 0.3) is 0 Å². The number of carbonyl (C=O) groups excluding carboxylic acids is 3. The fraction of sp³-hybridized carbons (Fsp3) is 0.615. The Bertz CT molecular complexity index is 846. The molecule has 0 radical (unpaired) electrons. The van der Waals surface area contributed by atoms with Crippen molar-refractivity contribution in [3.8, 4) is 0 Å². The smallest absolute Gasteiger partial charge is 0.326 e. The Morgan fingerprint density at radius 1 is 0.833 bits per heavy atom. The Morgan fingerprint density at radius 2 is 1.39 bits per heavy atom. The van der Waals surface area contributed by atoms with Gasteiger partial charge in [-0.25, -0.2) is 4.79 Å². The molecule has 1 aromatic rings. The number of carbonyl (C=O) groups is 4. The first-order valence-corrected chi connectivity index (χ1v) is 12.6. The second kappa shape index (κ2) is 15.9. The highest BCUT2D eigenvalue weighted by molar-refractivity contribution is 5.94. The van der Waals surface area contributed by atoms with Crippen molar-refractivity contribution in [2.75, 3.05) is 6.54 Å². The third kappa shape index (κ3) is 11.2. The van der Waals surface area contributed by atoms with Crippen molar-refractivity contribution in [3.05, 3.63) is 35.9 Å². The highest BCUT2D eigenvalue weighted by Gasteiger charge is 2.31. The molecule has 0 spiro atoms. The molecule has 10 heteroatoms. The van der Waals surface area contributed by atoms with Crippen molar-refractivity contribution in [2.24, 2.45) is 23.3 Å². The molecule has 0 bridgehead atoms. The molecule has 10 nitrogen and oxygen atoms in total. The van der Waals surface area contributed by atoms with Crippen LogP contribution in [-0.2, 0) is 25.6 Å². The standard InChI is InChI=1S/C26H43N5O5/c1-16(2)14-21(26(35)36)31-24(33)20(15-18-10-6-5-7-11-18)30-23(32)19(12-8-9-13-27)29-25(34)22(28)17(3)4/h5-7,10-11,16-17,19-22H,8-9,12-15,27-28H2,1-4H3,(H,29,34)(H,30,32)(H,31,33)(H,35,36). The lowest BCUT2D eigenvalue weighted by molar-refractivity contribution is -0.142. The fourth-order valence-electron chi connectivity index (χ4n) is 3.63. The molecule has 202 valence electrons. The number of unbranched alkanes of at least 4 members (excludes halogenated alkanes) is 1. The van der Waals surface area contributed by atoms with Gasteiger partial charge in [0.05, 0.1) is 6.04 Å². The number of aliphatic carboxylic acids is 1. The zero-order chi connectivity index (χ0) is 27.3. The highest BCUT2D eigenvalue weighted by atomic mass is 16.4. The average molecular weight is 506 g/mol. The lowest BCUT2D eigenvalue weighted by atomic mass is 10.0. The number of benzene rings is 1. The van der Waals surface area contributed by atoms with E-state index >= 15 is 0 Å². The molecule has 4 unspecified atom stereocenters. The van der Waals surface area contributed by atoms with E-state index in [4.69, 9.17) is 11.5 Å². The number of hydrogen-bond acceptors (Lipinski definition) is 6.